The van der Waals surface area contributed by atoms with Crippen molar-refractivity contribution in [2.24, 2.45) is 0 Å². The number of hydrogen-bond acceptors (Lipinski definition) is 2. The molecule has 0 aliphatic carbocycles. The van der Waals surface area contributed by atoms with Crippen LogP contribution >= 0.6 is 0 Å². The van der Waals surface area contributed by atoms with Crippen molar-refractivity contribution in [1.82, 2.24) is 0 Å². The van der Waals surface area contributed by atoms with Crippen molar-refractivity contribution < 1.29 is 0 Å². The van der Waals surface area contributed by atoms with Gasteiger partial charge in [-0.3, -0.25) is 0 Å². The maximum atomic E-state index is 2.38. The number of para-hydroxylation sites is 1. The van der Waals surface area contributed by atoms with E-state index in [2.05, 4.69) is 134 Å². The number of rotatable bonds is 7. The second-order valence-corrected chi connectivity index (χ2v) is 7.74. The smallest absolute Gasteiger partial charge is 0.0490 e. The van der Waals surface area contributed by atoms with Crippen LogP contribution in [0, 0.1) is 0 Å². The third kappa shape index (κ3) is 10.3. The van der Waals surface area contributed by atoms with E-state index < -0.39 is 0 Å². The largest absolute Gasteiger partial charge is 0.375 e. The summed E-state index contributed by atoms with van der Waals surface area (Å²) in [5, 5.41) is 0. The molecule has 0 radical (unpaired) electrons. The Hall–Kier alpha value is -3.52. The van der Waals surface area contributed by atoms with Crippen LogP contribution in [0.4, 0.5) is 17.1 Å². The van der Waals surface area contributed by atoms with Crippen LogP contribution in [-0.4, -0.2) is 20.1 Å². The van der Waals surface area contributed by atoms with E-state index in [9.17, 15) is 0 Å². The van der Waals surface area contributed by atoms with E-state index in [0.29, 0.717) is 0 Å². The molecule has 2 nitrogen and oxygen atoms in total. The van der Waals surface area contributed by atoms with E-state index in [4.69, 9.17) is 0 Å². The van der Waals surface area contributed by atoms with Gasteiger partial charge in [-0.2, -0.15) is 0 Å². The van der Waals surface area contributed by atoms with Crippen molar-refractivity contribution in [3.05, 3.63) is 103 Å². The third-order valence-electron chi connectivity index (χ3n) is 5.89. The molecule has 0 fully saturated rings. The minimum Gasteiger partial charge on any atom is -0.375 e. The molecule has 0 saturated carbocycles. The van der Waals surface area contributed by atoms with E-state index in [1.807, 2.05) is 55.4 Å². The average Bonchev–Trinajstić information content (AvgIpc) is 3.06. The predicted octanol–water partition coefficient (Wildman–Crippen LogP) is 11.7. The van der Waals surface area contributed by atoms with E-state index in [-0.39, 0.29) is 0 Å². The van der Waals surface area contributed by atoms with Gasteiger partial charge in [0.2, 0.25) is 0 Å². The summed E-state index contributed by atoms with van der Waals surface area (Å²) in [5.41, 5.74) is 8.66. The summed E-state index contributed by atoms with van der Waals surface area (Å²) < 4.78 is 0. The lowest BCUT2D eigenvalue weighted by Crippen LogP contribution is -2.16. The maximum Gasteiger partial charge on any atom is 0.0490 e. The van der Waals surface area contributed by atoms with Crippen LogP contribution < -0.4 is 9.80 Å². The van der Waals surface area contributed by atoms with E-state index in [1.165, 1.54) is 39.3 Å². The molecular formula is C37H54N2. The minimum absolute atomic E-state index is 0.904. The summed E-state index contributed by atoms with van der Waals surface area (Å²) in [7, 11) is 2.12. The lowest BCUT2D eigenvalue weighted by molar-refractivity contribution is 0.968. The van der Waals surface area contributed by atoms with Gasteiger partial charge < -0.3 is 9.80 Å². The van der Waals surface area contributed by atoms with Gasteiger partial charge in [0, 0.05) is 42.8 Å². The molecule has 0 unspecified atom stereocenters. The monoisotopic (exact) mass is 526 g/mol. The molecule has 0 aliphatic rings. The number of anilines is 3. The lowest BCUT2D eigenvalue weighted by Gasteiger charge is -2.26. The maximum absolute atomic E-state index is 2.38. The molecule has 4 aromatic carbocycles. The van der Waals surface area contributed by atoms with Gasteiger partial charge in [0.25, 0.3) is 0 Å². The molecule has 39 heavy (non-hydrogen) atoms. The second kappa shape index (κ2) is 21.4. The summed E-state index contributed by atoms with van der Waals surface area (Å²) in [6, 6.07) is 37.0. The van der Waals surface area contributed by atoms with Crippen LogP contribution in [0.2, 0.25) is 0 Å². The van der Waals surface area contributed by atoms with E-state index in [0.717, 1.165) is 13.1 Å². The number of nitrogens with zero attached hydrogens (tertiary/aromatic N) is 2. The first kappa shape index (κ1) is 35.5. The van der Waals surface area contributed by atoms with Crippen molar-refractivity contribution in [3.63, 3.8) is 0 Å². The molecule has 0 bridgehead atoms. The molecule has 4 rings (SSSR count). The fourth-order valence-corrected chi connectivity index (χ4v) is 3.99. The van der Waals surface area contributed by atoms with Gasteiger partial charge in [-0.05, 0) is 60.9 Å². The molecule has 0 aromatic heterocycles. The van der Waals surface area contributed by atoms with E-state index in [1.54, 1.807) is 0 Å². The summed E-state index contributed by atoms with van der Waals surface area (Å²) in [4.78, 5) is 4.63. The van der Waals surface area contributed by atoms with Gasteiger partial charge in [-0.25, -0.2) is 0 Å². The van der Waals surface area contributed by atoms with Gasteiger partial charge in [0.15, 0.2) is 0 Å². The molecule has 0 N–H and O–H groups in total. The standard InChI is InChI=1S/C29H30N2.4C2H6/c1-4-30(3)26-19-15-23(16-20-26)24-17-21-27(22-18-24)31(5-2)29-14-10-9-13-28(29)25-11-7-6-8-12-25;4*1-2/h6-22H,4-5H2,1-3H3;4*1-2H3. The number of benzene rings is 4. The van der Waals surface area contributed by atoms with Crippen molar-refractivity contribution in [1.29, 1.82) is 0 Å². The highest BCUT2D eigenvalue weighted by atomic mass is 15.1. The molecule has 2 heteroatoms. The van der Waals surface area contributed by atoms with E-state index >= 15 is 0 Å². The first-order valence-electron chi connectivity index (χ1n) is 15.0. The SMILES string of the molecule is CC.CC.CC.CC.CCN(C)c1ccc(-c2ccc(N(CC)c3ccccc3-c3ccccc3)cc2)cc1. The molecule has 0 amide bonds. The summed E-state index contributed by atoms with van der Waals surface area (Å²) in [5.74, 6) is 0. The molecule has 4 aromatic rings. The zero-order chi connectivity index (χ0) is 29.6. The second-order valence-electron chi connectivity index (χ2n) is 7.74. The Kier molecular flexibility index (Phi) is 19.5. The summed E-state index contributed by atoms with van der Waals surface area (Å²) in [6.07, 6.45) is 0. The number of hydrogen-bond donors (Lipinski definition) is 0. The Morgan fingerprint density at radius 3 is 1.33 bits per heavy atom. The quantitative estimate of drug-likeness (QED) is 0.236. The van der Waals surface area contributed by atoms with Crippen molar-refractivity contribution in [2.75, 3.05) is 29.9 Å². The zero-order valence-electron chi connectivity index (χ0n) is 26.6. The normalized spacial score (nSPS) is 9.10. The first-order valence-corrected chi connectivity index (χ1v) is 15.0. The summed E-state index contributed by atoms with van der Waals surface area (Å²) in [6.45, 7) is 22.3. The summed E-state index contributed by atoms with van der Waals surface area (Å²) >= 11 is 0. The van der Waals surface area contributed by atoms with Gasteiger partial charge in [0.1, 0.15) is 0 Å². The Morgan fingerprint density at radius 1 is 0.436 bits per heavy atom. The Labute approximate surface area is 241 Å². The molecule has 0 saturated heterocycles. The topological polar surface area (TPSA) is 6.48 Å². The minimum atomic E-state index is 0.904. The van der Waals surface area contributed by atoms with Gasteiger partial charge in [-0.1, -0.05) is 128 Å². The lowest BCUT2D eigenvalue weighted by atomic mass is 10.0. The van der Waals surface area contributed by atoms with Crippen molar-refractivity contribution in [3.8, 4) is 22.3 Å². The molecule has 0 aliphatic heterocycles. The van der Waals surface area contributed by atoms with Crippen LogP contribution in [-0.2, 0) is 0 Å². The molecule has 0 atom stereocenters. The zero-order valence-corrected chi connectivity index (χ0v) is 26.6. The molecule has 212 valence electrons. The first-order chi connectivity index (χ1) is 19.2. The molecule has 0 spiro atoms. The van der Waals surface area contributed by atoms with Crippen molar-refractivity contribution in [2.45, 2.75) is 69.2 Å². The van der Waals surface area contributed by atoms with Crippen LogP contribution in [0.3, 0.4) is 0 Å². The van der Waals surface area contributed by atoms with Crippen molar-refractivity contribution >= 4 is 17.1 Å². The van der Waals surface area contributed by atoms with Crippen LogP contribution in [0.25, 0.3) is 22.3 Å². The highest BCUT2D eigenvalue weighted by Crippen LogP contribution is 2.35. The Morgan fingerprint density at radius 2 is 0.872 bits per heavy atom. The van der Waals surface area contributed by atoms with Gasteiger partial charge in [0.05, 0.1) is 0 Å². The predicted molar refractivity (Wildman–Crippen MR) is 181 cm³/mol. The highest BCUT2D eigenvalue weighted by molar-refractivity contribution is 5.83. The Bertz CT molecular complexity index is 1100. The fraction of sp³-hybridized carbons (Fsp3) is 0.351. The Balaban J connectivity index is 0.00000166. The van der Waals surface area contributed by atoms with Crippen LogP contribution in [0.5, 0.6) is 0 Å². The molecule has 0 heterocycles. The van der Waals surface area contributed by atoms with Gasteiger partial charge >= 0.3 is 0 Å². The highest BCUT2D eigenvalue weighted by Gasteiger charge is 2.13. The van der Waals surface area contributed by atoms with Gasteiger partial charge in [-0.15, -0.1) is 0 Å². The fourth-order valence-electron chi connectivity index (χ4n) is 3.99. The average molecular weight is 527 g/mol. The van der Waals surface area contributed by atoms with Crippen LogP contribution in [0.15, 0.2) is 103 Å². The third-order valence-corrected chi connectivity index (χ3v) is 5.89. The molecular weight excluding hydrogens is 472 g/mol. The van der Waals surface area contributed by atoms with Crippen LogP contribution in [0.1, 0.15) is 69.2 Å².